The van der Waals surface area contributed by atoms with E-state index in [4.69, 9.17) is 0 Å². The lowest BCUT2D eigenvalue weighted by molar-refractivity contribution is -0.128. The number of nitrogens with one attached hydrogen (secondary N) is 3. The van der Waals surface area contributed by atoms with Crippen molar-refractivity contribution in [3.05, 3.63) is 48.3 Å². The minimum Gasteiger partial charge on any atom is -0.426 e. The molecule has 1 aromatic carbocycles. The number of hydrogen-bond donors (Lipinski definition) is 5. The third-order valence-electron chi connectivity index (χ3n) is 4.62. The van der Waals surface area contributed by atoms with Gasteiger partial charge in [-0.05, 0) is 24.3 Å². The smallest absolute Gasteiger partial charge is 0.426 e. The minimum atomic E-state index is -1.69. The van der Waals surface area contributed by atoms with Crippen molar-refractivity contribution in [3.8, 4) is 0 Å². The first kappa shape index (κ1) is 21.7. The van der Waals surface area contributed by atoms with Crippen molar-refractivity contribution in [3.63, 3.8) is 0 Å². The molecule has 1 aromatic rings. The van der Waals surface area contributed by atoms with Gasteiger partial charge >= 0.3 is 7.12 Å². The molecule has 0 saturated heterocycles. The van der Waals surface area contributed by atoms with Gasteiger partial charge in [-0.25, -0.2) is 0 Å². The molecular formula is C19H27BN4O4. The van der Waals surface area contributed by atoms with Gasteiger partial charge in [0.25, 0.3) is 0 Å². The van der Waals surface area contributed by atoms with Crippen LogP contribution in [-0.2, 0) is 16.0 Å². The molecule has 3 atom stereocenters. The van der Waals surface area contributed by atoms with E-state index in [0.29, 0.717) is 19.3 Å². The Morgan fingerprint density at radius 2 is 2.04 bits per heavy atom. The second-order valence-corrected chi connectivity index (χ2v) is 7.27. The normalized spacial score (nSPS) is 20.2. The molecule has 2 rings (SSSR count). The van der Waals surface area contributed by atoms with Gasteiger partial charge in [0.15, 0.2) is 5.66 Å². The summed E-state index contributed by atoms with van der Waals surface area (Å²) < 4.78 is 0. The largest absolute Gasteiger partial charge is 0.475 e. The zero-order chi connectivity index (χ0) is 20.6. The Labute approximate surface area is 165 Å². The van der Waals surface area contributed by atoms with Crippen LogP contribution in [0.1, 0.15) is 25.8 Å². The molecule has 150 valence electrons. The summed E-state index contributed by atoms with van der Waals surface area (Å²) in [5.41, 5.74) is -0.344. The number of carbonyl (C=O) groups excluding carboxylic acids is 2. The first-order valence-electron chi connectivity index (χ1n) is 9.27. The molecule has 1 aliphatic rings. The lowest BCUT2D eigenvalue weighted by Gasteiger charge is -2.38. The van der Waals surface area contributed by atoms with Gasteiger partial charge in [0.2, 0.25) is 12.3 Å². The van der Waals surface area contributed by atoms with Crippen LogP contribution in [0.4, 0.5) is 0 Å². The van der Waals surface area contributed by atoms with Gasteiger partial charge in [-0.1, -0.05) is 44.2 Å². The summed E-state index contributed by atoms with van der Waals surface area (Å²) in [6, 6.07) is 9.38. The molecule has 0 fully saturated rings. The highest BCUT2D eigenvalue weighted by Gasteiger charge is 2.43. The Hall–Kier alpha value is -2.65. The fourth-order valence-corrected chi connectivity index (χ4v) is 3.24. The molecule has 0 aromatic heterocycles. The highest BCUT2D eigenvalue weighted by molar-refractivity contribution is 6.43. The van der Waals surface area contributed by atoms with Gasteiger partial charge in [-0.3, -0.25) is 14.6 Å². The second-order valence-electron chi connectivity index (χ2n) is 7.27. The van der Waals surface area contributed by atoms with E-state index in [1.165, 1.54) is 12.4 Å². The van der Waals surface area contributed by atoms with Gasteiger partial charge in [-0.2, -0.15) is 0 Å². The summed E-state index contributed by atoms with van der Waals surface area (Å²) in [4.78, 5) is 28.6. The predicted octanol–water partition coefficient (Wildman–Crippen LogP) is -0.0243. The average molecular weight is 386 g/mol. The van der Waals surface area contributed by atoms with Crippen LogP contribution >= 0.6 is 0 Å². The molecule has 0 unspecified atom stereocenters. The Morgan fingerprint density at radius 1 is 1.32 bits per heavy atom. The van der Waals surface area contributed by atoms with Gasteiger partial charge in [0.1, 0.15) is 0 Å². The van der Waals surface area contributed by atoms with E-state index in [1.807, 2.05) is 44.2 Å². The second kappa shape index (κ2) is 10.1. The Bertz CT molecular complexity index is 707. The van der Waals surface area contributed by atoms with Gasteiger partial charge in [0.05, 0.1) is 18.1 Å². The average Bonchev–Trinajstić information content (AvgIpc) is 2.66. The van der Waals surface area contributed by atoms with E-state index >= 15 is 0 Å². The molecule has 0 spiro atoms. The highest BCUT2D eigenvalue weighted by Crippen LogP contribution is 2.22. The predicted molar refractivity (Wildman–Crippen MR) is 108 cm³/mol. The van der Waals surface area contributed by atoms with Crippen molar-refractivity contribution in [2.75, 3.05) is 0 Å². The van der Waals surface area contributed by atoms with Crippen LogP contribution in [0, 0.1) is 11.8 Å². The molecular weight excluding hydrogens is 359 g/mol. The van der Waals surface area contributed by atoms with E-state index in [-0.39, 0.29) is 5.92 Å². The van der Waals surface area contributed by atoms with Crippen molar-refractivity contribution >= 4 is 25.7 Å². The summed E-state index contributed by atoms with van der Waals surface area (Å²) in [5.74, 6) is -1.89. The fourth-order valence-electron chi connectivity index (χ4n) is 3.24. The summed E-state index contributed by atoms with van der Waals surface area (Å²) in [7, 11) is -1.69. The SMILES string of the molecule is CC(C)C[C@H](NC(=O)[C@H](Cc1ccccc1)[C@@]1(NC=O)C=NC=CN1)B(O)O. The van der Waals surface area contributed by atoms with Gasteiger partial charge < -0.3 is 26.0 Å². The lowest BCUT2D eigenvalue weighted by atomic mass is 9.74. The van der Waals surface area contributed by atoms with Crippen LogP contribution in [0.3, 0.4) is 0 Å². The fraction of sp³-hybridized carbons (Fsp3) is 0.421. The third kappa shape index (κ3) is 5.67. The van der Waals surface area contributed by atoms with Gasteiger partial charge in [-0.15, -0.1) is 0 Å². The quantitative estimate of drug-likeness (QED) is 0.286. The molecule has 2 amide bonds. The van der Waals surface area contributed by atoms with E-state index in [9.17, 15) is 19.6 Å². The molecule has 9 heteroatoms. The Kier molecular flexibility index (Phi) is 7.77. The molecule has 8 nitrogen and oxygen atoms in total. The summed E-state index contributed by atoms with van der Waals surface area (Å²) in [6.07, 6.45) is 5.75. The van der Waals surface area contributed by atoms with Crippen LogP contribution < -0.4 is 16.0 Å². The first-order valence-corrected chi connectivity index (χ1v) is 9.27. The number of hydrogen-bond acceptors (Lipinski definition) is 6. The summed E-state index contributed by atoms with van der Waals surface area (Å²) in [6.45, 7) is 3.86. The van der Waals surface area contributed by atoms with Gasteiger partial charge in [0, 0.05) is 12.4 Å². The van der Waals surface area contributed by atoms with E-state index in [0.717, 1.165) is 5.56 Å². The zero-order valence-corrected chi connectivity index (χ0v) is 16.1. The van der Waals surface area contributed by atoms with Crippen LogP contribution in [0.2, 0.25) is 0 Å². The number of amides is 2. The molecule has 0 saturated carbocycles. The number of benzene rings is 1. The topological polar surface area (TPSA) is 123 Å². The molecule has 0 radical (unpaired) electrons. The van der Waals surface area contributed by atoms with Crippen LogP contribution in [-0.4, -0.2) is 47.3 Å². The number of carbonyl (C=O) groups is 2. The van der Waals surface area contributed by atoms with Crippen LogP contribution in [0.25, 0.3) is 0 Å². The first-order chi connectivity index (χ1) is 13.4. The summed E-state index contributed by atoms with van der Waals surface area (Å²) >= 11 is 0. The van der Waals surface area contributed by atoms with E-state index in [1.54, 1.807) is 6.20 Å². The van der Waals surface area contributed by atoms with E-state index < -0.39 is 30.5 Å². The van der Waals surface area contributed by atoms with Crippen LogP contribution in [0.15, 0.2) is 47.7 Å². The van der Waals surface area contributed by atoms with Crippen molar-refractivity contribution in [1.82, 2.24) is 16.0 Å². The lowest BCUT2D eigenvalue weighted by Crippen LogP contribution is -2.66. The maximum absolute atomic E-state index is 13.2. The Morgan fingerprint density at radius 3 is 2.57 bits per heavy atom. The van der Waals surface area contributed by atoms with Crippen molar-refractivity contribution < 1.29 is 19.6 Å². The van der Waals surface area contributed by atoms with Crippen molar-refractivity contribution in [1.29, 1.82) is 0 Å². The standard InChI is InChI=1S/C19H27BN4O4/c1-14(2)10-17(20(27)28)24-18(26)16(11-15-6-4-3-5-7-15)19(23-13-25)12-21-8-9-22-19/h3-9,12-14,16-17,22,27-28H,10-11H2,1-2H3,(H,23,25)(H,24,26)/t16-,17-,19-/m0/s1. The van der Waals surface area contributed by atoms with Crippen LogP contribution in [0.5, 0.6) is 0 Å². The minimum absolute atomic E-state index is 0.152. The maximum Gasteiger partial charge on any atom is 0.475 e. The highest BCUT2D eigenvalue weighted by atomic mass is 16.4. The molecule has 1 aliphatic heterocycles. The number of nitrogens with zero attached hydrogens (tertiary/aromatic N) is 1. The molecule has 0 bridgehead atoms. The number of aliphatic imine (C=N–C) groups is 1. The monoisotopic (exact) mass is 386 g/mol. The summed E-state index contributed by atoms with van der Waals surface area (Å²) in [5, 5.41) is 27.8. The zero-order valence-electron chi connectivity index (χ0n) is 16.1. The molecule has 0 aliphatic carbocycles. The van der Waals surface area contributed by atoms with Crippen molar-refractivity contribution in [2.45, 2.75) is 38.3 Å². The molecule has 1 heterocycles. The maximum atomic E-state index is 13.2. The van der Waals surface area contributed by atoms with Crippen molar-refractivity contribution in [2.24, 2.45) is 16.8 Å². The molecule has 28 heavy (non-hydrogen) atoms. The number of rotatable bonds is 10. The van der Waals surface area contributed by atoms with E-state index in [2.05, 4.69) is 20.9 Å². The third-order valence-corrected chi connectivity index (χ3v) is 4.62. The molecule has 5 N–H and O–H groups in total. The Balaban J connectivity index is 2.33.